The SMILES string of the molecule is CCc1sc2ccccc2c1S(=O)(=O)c1ccc(OCCCN2CCc3cc(OC)c(OC)cc3C2)cc1. The van der Waals surface area contributed by atoms with E-state index < -0.39 is 9.84 Å². The molecule has 0 fully saturated rings. The molecule has 0 aliphatic carbocycles. The van der Waals surface area contributed by atoms with Gasteiger partial charge in [-0.25, -0.2) is 8.42 Å². The fourth-order valence-electron chi connectivity index (χ4n) is 5.04. The Balaban J connectivity index is 1.18. The number of aryl methyl sites for hydroxylation is 1. The van der Waals surface area contributed by atoms with Crippen molar-refractivity contribution >= 4 is 31.3 Å². The number of methoxy groups -OCH3 is 2. The van der Waals surface area contributed by atoms with Crippen LogP contribution in [-0.2, 0) is 29.2 Å². The molecular formula is C30H33NO5S2. The van der Waals surface area contributed by atoms with E-state index in [9.17, 15) is 8.42 Å². The standard InChI is InChI=1S/C30H33NO5S2/c1-4-28-30(25-8-5-6-9-29(25)37-28)38(32,33)24-12-10-23(11-13-24)36-17-7-15-31-16-14-21-18-26(34-2)27(35-3)19-22(21)20-31/h5-6,8-13,18-19H,4,7,14-17,20H2,1-3H3. The summed E-state index contributed by atoms with van der Waals surface area (Å²) in [4.78, 5) is 4.05. The summed E-state index contributed by atoms with van der Waals surface area (Å²) in [5.74, 6) is 2.22. The molecule has 0 N–H and O–H groups in total. The lowest BCUT2D eigenvalue weighted by atomic mass is 9.98. The minimum Gasteiger partial charge on any atom is -0.494 e. The summed E-state index contributed by atoms with van der Waals surface area (Å²) in [6.07, 6.45) is 2.54. The topological polar surface area (TPSA) is 65.1 Å². The number of hydrogen-bond donors (Lipinski definition) is 0. The average molecular weight is 552 g/mol. The third-order valence-corrected chi connectivity index (χ3v) is 10.4. The second-order valence-electron chi connectivity index (χ2n) is 9.38. The highest BCUT2D eigenvalue weighted by molar-refractivity contribution is 7.92. The van der Waals surface area contributed by atoms with Crippen molar-refractivity contribution in [2.24, 2.45) is 0 Å². The zero-order valence-corrected chi connectivity index (χ0v) is 23.7. The molecule has 0 radical (unpaired) electrons. The number of sulfone groups is 1. The van der Waals surface area contributed by atoms with Crippen molar-refractivity contribution in [3.05, 3.63) is 76.7 Å². The van der Waals surface area contributed by atoms with Crippen molar-refractivity contribution in [2.75, 3.05) is 33.9 Å². The van der Waals surface area contributed by atoms with E-state index >= 15 is 0 Å². The minimum atomic E-state index is -3.62. The van der Waals surface area contributed by atoms with Gasteiger partial charge in [0, 0.05) is 34.6 Å². The third-order valence-electron chi connectivity index (χ3n) is 7.03. The summed E-state index contributed by atoms with van der Waals surface area (Å²) in [7, 11) is -0.295. The average Bonchev–Trinajstić information content (AvgIpc) is 3.34. The van der Waals surface area contributed by atoms with Gasteiger partial charge in [-0.05, 0) is 72.9 Å². The Morgan fingerprint density at radius 1 is 0.947 bits per heavy atom. The molecule has 0 bridgehead atoms. The summed E-state index contributed by atoms with van der Waals surface area (Å²) >= 11 is 1.55. The van der Waals surface area contributed by atoms with Crippen molar-refractivity contribution in [3.63, 3.8) is 0 Å². The molecule has 0 amide bonds. The lowest BCUT2D eigenvalue weighted by Crippen LogP contribution is -2.32. The van der Waals surface area contributed by atoms with E-state index in [0.29, 0.717) is 28.6 Å². The van der Waals surface area contributed by atoms with Crippen LogP contribution < -0.4 is 14.2 Å². The van der Waals surface area contributed by atoms with Gasteiger partial charge >= 0.3 is 0 Å². The molecule has 5 rings (SSSR count). The molecule has 4 aromatic rings. The molecule has 38 heavy (non-hydrogen) atoms. The lowest BCUT2D eigenvalue weighted by molar-refractivity contribution is 0.220. The largest absolute Gasteiger partial charge is 0.494 e. The van der Waals surface area contributed by atoms with Crippen LogP contribution in [-0.4, -0.2) is 47.2 Å². The molecule has 200 valence electrons. The summed E-state index contributed by atoms with van der Waals surface area (Å²) < 4.78 is 44.9. The molecule has 0 atom stereocenters. The van der Waals surface area contributed by atoms with Gasteiger partial charge in [-0.2, -0.15) is 0 Å². The van der Waals surface area contributed by atoms with Crippen molar-refractivity contribution in [1.82, 2.24) is 4.90 Å². The Bertz CT molecular complexity index is 1530. The highest BCUT2D eigenvalue weighted by atomic mass is 32.2. The summed E-state index contributed by atoms with van der Waals surface area (Å²) in [6, 6.07) is 18.7. The summed E-state index contributed by atoms with van der Waals surface area (Å²) in [6.45, 7) is 5.35. The Morgan fingerprint density at radius 3 is 2.37 bits per heavy atom. The molecule has 1 aromatic heterocycles. The molecule has 0 spiro atoms. The molecule has 6 nitrogen and oxygen atoms in total. The van der Waals surface area contributed by atoms with Gasteiger partial charge in [0.15, 0.2) is 11.5 Å². The van der Waals surface area contributed by atoms with Gasteiger partial charge in [0.25, 0.3) is 0 Å². The molecule has 0 saturated carbocycles. The van der Waals surface area contributed by atoms with E-state index in [1.54, 1.807) is 49.8 Å². The second kappa shape index (κ2) is 11.4. The summed E-state index contributed by atoms with van der Waals surface area (Å²) in [5, 5.41) is 0.799. The highest BCUT2D eigenvalue weighted by Gasteiger charge is 2.26. The number of hydrogen-bond acceptors (Lipinski definition) is 7. The maximum atomic E-state index is 13.5. The first-order chi connectivity index (χ1) is 18.4. The normalized spacial score (nSPS) is 13.9. The molecule has 2 heterocycles. The maximum Gasteiger partial charge on any atom is 0.208 e. The monoisotopic (exact) mass is 551 g/mol. The number of rotatable bonds is 10. The smallest absolute Gasteiger partial charge is 0.208 e. The first-order valence-corrected chi connectivity index (χ1v) is 15.2. The van der Waals surface area contributed by atoms with Crippen LogP contribution in [0.15, 0.2) is 70.5 Å². The van der Waals surface area contributed by atoms with E-state index in [4.69, 9.17) is 14.2 Å². The van der Waals surface area contributed by atoms with Crippen LogP contribution in [0.5, 0.6) is 17.2 Å². The lowest BCUT2D eigenvalue weighted by Gasteiger charge is -2.29. The number of ether oxygens (including phenoxy) is 3. The molecule has 1 aliphatic heterocycles. The van der Waals surface area contributed by atoms with Gasteiger partial charge in [-0.3, -0.25) is 4.90 Å². The van der Waals surface area contributed by atoms with Crippen molar-refractivity contribution in [1.29, 1.82) is 0 Å². The van der Waals surface area contributed by atoms with E-state index in [0.717, 1.165) is 58.9 Å². The fourth-order valence-corrected chi connectivity index (χ4v) is 8.24. The Hall–Kier alpha value is -3.07. The predicted molar refractivity (Wildman–Crippen MR) is 152 cm³/mol. The predicted octanol–water partition coefficient (Wildman–Crippen LogP) is 6.14. The van der Waals surface area contributed by atoms with E-state index in [1.165, 1.54) is 11.1 Å². The Kier molecular flexibility index (Phi) is 7.93. The minimum absolute atomic E-state index is 0.294. The van der Waals surface area contributed by atoms with Crippen LogP contribution in [0, 0.1) is 0 Å². The van der Waals surface area contributed by atoms with E-state index in [2.05, 4.69) is 17.0 Å². The van der Waals surface area contributed by atoms with Gasteiger partial charge in [-0.1, -0.05) is 25.1 Å². The molecular weight excluding hydrogens is 518 g/mol. The fraction of sp³-hybridized carbons (Fsp3) is 0.333. The number of benzene rings is 3. The van der Waals surface area contributed by atoms with Gasteiger partial charge in [0.05, 0.1) is 30.6 Å². The van der Waals surface area contributed by atoms with Crippen LogP contribution >= 0.6 is 11.3 Å². The van der Waals surface area contributed by atoms with Gasteiger partial charge < -0.3 is 14.2 Å². The van der Waals surface area contributed by atoms with Crippen molar-refractivity contribution in [2.45, 2.75) is 42.5 Å². The number of fused-ring (bicyclic) bond motifs is 2. The van der Waals surface area contributed by atoms with Crippen LogP contribution in [0.3, 0.4) is 0 Å². The van der Waals surface area contributed by atoms with Crippen LogP contribution in [0.25, 0.3) is 10.1 Å². The van der Waals surface area contributed by atoms with Crippen LogP contribution in [0.1, 0.15) is 29.3 Å². The van der Waals surface area contributed by atoms with Gasteiger partial charge in [0.2, 0.25) is 9.84 Å². The van der Waals surface area contributed by atoms with Gasteiger partial charge in [0.1, 0.15) is 5.75 Å². The number of thiophene rings is 1. The molecule has 0 unspecified atom stereocenters. The highest BCUT2D eigenvalue weighted by Crippen LogP contribution is 2.38. The number of nitrogens with zero attached hydrogens (tertiary/aromatic N) is 1. The summed E-state index contributed by atoms with van der Waals surface area (Å²) in [5.41, 5.74) is 2.59. The third kappa shape index (κ3) is 5.25. The molecule has 1 aliphatic rings. The molecule has 8 heteroatoms. The zero-order chi connectivity index (χ0) is 26.7. The Morgan fingerprint density at radius 2 is 1.66 bits per heavy atom. The second-order valence-corrected chi connectivity index (χ2v) is 12.4. The molecule has 0 saturated heterocycles. The Labute approximate surface area is 228 Å². The zero-order valence-electron chi connectivity index (χ0n) is 22.0. The maximum absolute atomic E-state index is 13.5. The molecule has 3 aromatic carbocycles. The van der Waals surface area contributed by atoms with Crippen LogP contribution in [0.4, 0.5) is 0 Å². The van der Waals surface area contributed by atoms with Crippen molar-refractivity contribution in [3.8, 4) is 17.2 Å². The van der Waals surface area contributed by atoms with Crippen molar-refractivity contribution < 1.29 is 22.6 Å². The van der Waals surface area contributed by atoms with Crippen LogP contribution in [0.2, 0.25) is 0 Å². The first-order valence-electron chi connectivity index (χ1n) is 12.9. The first kappa shape index (κ1) is 26.5. The van der Waals surface area contributed by atoms with E-state index in [-0.39, 0.29) is 0 Å². The van der Waals surface area contributed by atoms with Gasteiger partial charge in [-0.15, -0.1) is 11.3 Å². The van der Waals surface area contributed by atoms with E-state index in [1.807, 2.05) is 31.2 Å². The quantitative estimate of drug-likeness (QED) is 0.221.